The molecule has 0 rings (SSSR count). The maximum atomic E-state index is 11.8. The second-order valence-corrected chi connectivity index (χ2v) is 8.17. The highest BCUT2D eigenvalue weighted by Crippen LogP contribution is 2.41. The van der Waals surface area contributed by atoms with Gasteiger partial charge in [-0.1, -0.05) is 64.7 Å². The number of ether oxygens (including phenoxy) is 1. The van der Waals surface area contributed by atoms with E-state index < -0.39 is 13.3 Å². The SMILES string of the molecule is CCCCCCCCCCCCP(=O)(O)CC(=O)OCC. The molecule has 0 bridgehead atoms. The normalized spacial score (nSPS) is 13.9. The van der Waals surface area contributed by atoms with Crippen molar-refractivity contribution in [2.45, 2.75) is 78.1 Å². The number of hydrogen-bond donors (Lipinski definition) is 1. The van der Waals surface area contributed by atoms with E-state index in [9.17, 15) is 14.3 Å². The van der Waals surface area contributed by atoms with Crippen molar-refractivity contribution in [2.24, 2.45) is 0 Å². The predicted molar refractivity (Wildman–Crippen MR) is 88.0 cm³/mol. The lowest BCUT2D eigenvalue weighted by Gasteiger charge is -2.10. The molecule has 0 aliphatic heterocycles. The molecule has 126 valence electrons. The van der Waals surface area contributed by atoms with Crippen molar-refractivity contribution in [2.75, 3.05) is 18.9 Å². The Kier molecular flexibility index (Phi) is 13.1. The smallest absolute Gasteiger partial charge is 0.315 e. The summed E-state index contributed by atoms with van der Waals surface area (Å²) in [7, 11) is -3.33. The molecule has 0 aliphatic carbocycles. The fourth-order valence-electron chi connectivity index (χ4n) is 2.33. The monoisotopic (exact) mass is 320 g/mol. The van der Waals surface area contributed by atoms with Crippen LogP contribution in [0.3, 0.4) is 0 Å². The first-order valence-electron chi connectivity index (χ1n) is 8.48. The highest BCUT2D eigenvalue weighted by molar-refractivity contribution is 7.58. The van der Waals surface area contributed by atoms with E-state index in [1.54, 1.807) is 6.92 Å². The molecule has 1 N–H and O–H groups in total. The molecule has 0 radical (unpaired) electrons. The third-order valence-electron chi connectivity index (χ3n) is 3.54. The summed E-state index contributed by atoms with van der Waals surface area (Å²) in [4.78, 5) is 20.9. The van der Waals surface area contributed by atoms with Gasteiger partial charge < -0.3 is 9.63 Å². The molecule has 1 atom stereocenters. The molecule has 0 fully saturated rings. The van der Waals surface area contributed by atoms with Crippen LogP contribution in [-0.2, 0) is 14.1 Å². The van der Waals surface area contributed by atoms with Crippen molar-refractivity contribution in [1.82, 2.24) is 0 Å². The minimum atomic E-state index is -3.33. The van der Waals surface area contributed by atoms with Crippen LogP contribution in [-0.4, -0.2) is 29.8 Å². The van der Waals surface area contributed by atoms with Gasteiger partial charge in [-0.05, 0) is 13.3 Å². The molecular formula is C16H33O4P. The standard InChI is InChI=1S/C16H33O4P/c1-3-5-6-7-8-9-10-11-12-13-14-21(18,19)15-16(17)20-4-2/h3-15H2,1-2H3,(H,18,19). The molecule has 0 saturated carbocycles. The van der Waals surface area contributed by atoms with Gasteiger partial charge in [-0.15, -0.1) is 0 Å². The minimum absolute atomic E-state index is 0.238. The first-order valence-corrected chi connectivity index (χ1v) is 10.5. The van der Waals surface area contributed by atoms with Gasteiger partial charge in [-0.2, -0.15) is 0 Å². The van der Waals surface area contributed by atoms with Crippen LogP contribution in [0.25, 0.3) is 0 Å². The molecule has 0 spiro atoms. The molecule has 0 saturated heterocycles. The van der Waals surface area contributed by atoms with Crippen LogP contribution in [0, 0.1) is 0 Å². The van der Waals surface area contributed by atoms with E-state index in [4.69, 9.17) is 4.74 Å². The zero-order chi connectivity index (χ0) is 16.0. The highest BCUT2D eigenvalue weighted by atomic mass is 31.2. The molecular weight excluding hydrogens is 287 g/mol. The van der Waals surface area contributed by atoms with E-state index in [0.29, 0.717) is 0 Å². The Balaban J connectivity index is 3.44. The topological polar surface area (TPSA) is 63.6 Å². The van der Waals surface area contributed by atoms with Crippen LogP contribution in [0.5, 0.6) is 0 Å². The molecule has 21 heavy (non-hydrogen) atoms. The summed E-state index contributed by atoms with van der Waals surface area (Å²) in [6.07, 6.45) is 11.8. The first kappa shape index (κ1) is 20.7. The maximum Gasteiger partial charge on any atom is 0.315 e. The maximum absolute atomic E-state index is 11.8. The summed E-state index contributed by atoms with van der Waals surface area (Å²) in [5, 5.41) is 0. The molecule has 0 aromatic carbocycles. The molecule has 0 aromatic rings. The van der Waals surface area contributed by atoms with E-state index >= 15 is 0 Å². The Morgan fingerprint density at radius 1 is 0.905 bits per heavy atom. The number of esters is 1. The van der Waals surface area contributed by atoms with E-state index in [0.717, 1.165) is 19.3 Å². The van der Waals surface area contributed by atoms with Gasteiger partial charge in [0.25, 0.3) is 0 Å². The van der Waals surface area contributed by atoms with Crippen molar-refractivity contribution in [3.05, 3.63) is 0 Å². The van der Waals surface area contributed by atoms with Gasteiger partial charge in [0, 0.05) is 6.16 Å². The van der Waals surface area contributed by atoms with Gasteiger partial charge in [0.15, 0.2) is 0 Å². The summed E-state index contributed by atoms with van der Waals surface area (Å²) in [5.41, 5.74) is 0. The molecule has 0 amide bonds. The number of carbonyl (C=O) groups is 1. The van der Waals surface area contributed by atoms with Crippen LogP contribution >= 0.6 is 7.37 Å². The van der Waals surface area contributed by atoms with E-state index in [1.165, 1.54) is 44.9 Å². The Labute approximate surface area is 130 Å². The molecule has 0 heterocycles. The average Bonchev–Trinajstić information content (AvgIpc) is 2.40. The number of hydrogen-bond acceptors (Lipinski definition) is 3. The lowest BCUT2D eigenvalue weighted by Crippen LogP contribution is -2.11. The van der Waals surface area contributed by atoms with Crippen molar-refractivity contribution in [3.63, 3.8) is 0 Å². The summed E-state index contributed by atoms with van der Waals surface area (Å²) in [5.74, 6) is -0.560. The van der Waals surface area contributed by atoms with Crippen LogP contribution in [0.15, 0.2) is 0 Å². The Morgan fingerprint density at radius 3 is 1.86 bits per heavy atom. The third kappa shape index (κ3) is 14.4. The Hall–Kier alpha value is -0.340. The predicted octanol–water partition coefficient (Wildman–Crippen LogP) is 4.74. The fourth-order valence-corrected chi connectivity index (χ4v) is 3.70. The zero-order valence-corrected chi connectivity index (χ0v) is 14.7. The first-order chi connectivity index (χ1) is 10.0. The van der Waals surface area contributed by atoms with Crippen LogP contribution in [0.1, 0.15) is 78.1 Å². The third-order valence-corrected chi connectivity index (χ3v) is 5.31. The average molecular weight is 320 g/mol. The number of rotatable bonds is 14. The van der Waals surface area contributed by atoms with Crippen molar-refractivity contribution in [3.8, 4) is 0 Å². The van der Waals surface area contributed by atoms with Gasteiger partial charge in [0.05, 0.1) is 6.61 Å². The lowest BCUT2D eigenvalue weighted by atomic mass is 10.1. The summed E-state index contributed by atoms with van der Waals surface area (Å²) in [6.45, 7) is 4.18. The summed E-state index contributed by atoms with van der Waals surface area (Å²) < 4.78 is 16.5. The molecule has 1 unspecified atom stereocenters. The largest absolute Gasteiger partial charge is 0.466 e. The van der Waals surface area contributed by atoms with Crippen molar-refractivity contribution in [1.29, 1.82) is 0 Å². The van der Waals surface area contributed by atoms with Crippen LogP contribution in [0.4, 0.5) is 0 Å². The van der Waals surface area contributed by atoms with Gasteiger partial charge in [-0.3, -0.25) is 9.36 Å². The van der Waals surface area contributed by atoms with Crippen molar-refractivity contribution >= 4 is 13.3 Å². The van der Waals surface area contributed by atoms with Gasteiger partial charge in [0.1, 0.15) is 6.16 Å². The van der Waals surface area contributed by atoms with E-state index in [-0.39, 0.29) is 18.9 Å². The van der Waals surface area contributed by atoms with Crippen LogP contribution < -0.4 is 0 Å². The summed E-state index contributed by atoms with van der Waals surface area (Å²) >= 11 is 0. The minimum Gasteiger partial charge on any atom is -0.466 e. The lowest BCUT2D eigenvalue weighted by molar-refractivity contribution is -0.140. The number of carbonyl (C=O) groups excluding carboxylic acids is 1. The van der Waals surface area contributed by atoms with E-state index in [1.807, 2.05) is 0 Å². The van der Waals surface area contributed by atoms with Gasteiger partial charge >= 0.3 is 5.97 Å². The molecule has 0 aliphatic rings. The van der Waals surface area contributed by atoms with Crippen molar-refractivity contribution < 1.29 is 19.0 Å². The fraction of sp³-hybridized carbons (Fsp3) is 0.938. The second kappa shape index (κ2) is 13.3. The quantitative estimate of drug-likeness (QED) is 0.285. The second-order valence-electron chi connectivity index (χ2n) is 5.72. The van der Waals surface area contributed by atoms with E-state index in [2.05, 4.69) is 6.92 Å². The molecule has 0 aromatic heterocycles. The van der Waals surface area contributed by atoms with Gasteiger partial charge in [0.2, 0.25) is 7.37 Å². The molecule has 4 nitrogen and oxygen atoms in total. The molecule has 5 heteroatoms. The highest BCUT2D eigenvalue weighted by Gasteiger charge is 2.22. The summed E-state index contributed by atoms with van der Waals surface area (Å²) in [6, 6.07) is 0. The Morgan fingerprint density at radius 2 is 1.38 bits per heavy atom. The Bertz CT molecular complexity index is 305. The van der Waals surface area contributed by atoms with Gasteiger partial charge in [-0.25, -0.2) is 0 Å². The van der Waals surface area contributed by atoms with Crippen LogP contribution in [0.2, 0.25) is 0 Å². The number of unbranched alkanes of at least 4 members (excludes halogenated alkanes) is 9. The zero-order valence-electron chi connectivity index (χ0n) is 13.8.